The van der Waals surface area contributed by atoms with Crippen LogP contribution in [0.2, 0.25) is 0 Å². The van der Waals surface area contributed by atoms with Crippen LogP contribution in [0, 0.1) is 5.82 Å². The minimum Gasteiger partial charge on any atom is -0.494 e. The van der Waals surface area contributed by atoms with Crippen molar-refractivity contribution >= 4 is 0 Å². The predicted molar refractivity (Wildman–Crippen MR) is 103 cm³/mol. The zero-order chi connectivity index (χ0) is 18.0. The Morgan fingerprint density at radius 1 is 0.615 bits per heavy atom. The summed E-state index contributed by atoms with van der Waals surface area (Å²) < 4.78 is 25.6. The van der Waals surface area contributed by atoms with Gasteiger partial charge in [0.15, 0.2) is 11.6 Å². The van der Waals surface area contributed by atoms with E-state index in [9.17, 15) is 4.39 Å². The number of ether oxygens (including phenoxy) is 2. The Bertz CT molecular complexity index is 788. The van der Waals surface area contributed by atoms with Crippen molar-refractivity contribution in [3.05, 3.63) is 84.7 Å². The van der Waals surface area contributed by atoms with Crippen LogP contribution in [-0.4, -0.2) is 13.2 Å². The molecule has 0 saturated carbocycles. The lowest BCUT2D eigenvalue weighted by atomic mass is 10.0. The summed E-state index contributed by atoms with van der Waals surface area (Å²) >= 11 is 0. The topological polar surface area (TPSA) is 18.5 Å². The summed E-state index contributed by atoms with van der Waals surface area (Å²) in [5, 5.41) is 0. The number of unbranched alkanes of at least 4 members (excludes halogenated alkanes) is 2. The van der Waals surface area contributed by atoms with Gasteiger partial charge < -0.3 is 9.47 Å². The SMILES string of the molecule is Fc1cccc(-c2ccccc2)c1OCCCCCOc1ccccc1. The maximum atomic E-state index is 14.2. The Morgan fingerprint density at radius 2 is 1.27 bits per heavy atom. The van der Waals surface area contributed by atoms with E-state index in [-0.39, 0.29) is 5.82 Å². The van der Waals surface area contributed by atoms with Gasteiger partial charge in [-0.2, -0.15) is 0 Å². The Kier molecular flexibility index (Phi) is 6.66. The van der Waals surface area contributed by atoms with E-state index in [1.807, 2.05) is 66.7 Å². The van der Waals surface area contributed by atoms with E-state index in [0.717, 1.165) is 36.1 Å². The molecule has 0 saturated heterocycles. The molecule has 2 nitrogen and oxygen atoms in total. The molecule has 0 unspecified atom stereocenters. The van der Waals surface area contributed by atoms with Crippen molar-refractivity contribution in [3.63, 3.8) is 0 Å². The molecule has 0 aliphatic carbocycles. The fourth-order valence-electron chi connectivity index (χ4n) is 2.76. The van der Waals surface area contributed by atoms with Crippen LogP contribution in [-0.2, 0) is 0 Å². The number of para-hydroxylation sites is 2. The Labute approximate surface area is 154 Å². The number of rotatable bonds is 9. The first kappa shape index (κ1) is 18.0. The van der Waals surface area contributed by atoms with Gasteiger partial charge in [-0.05, 0) is 43.0 Å². The zero-order valence-corrected chi connectivity index (χ0v) is 14.7. The maximum absolute atomic E-state index is 14.2. The fourth-order valence-corrected chi connectivity index (χ4v) is 2.76. The van der Waals surface area contributed by atoms with E-state index in [0.29, 0.717) is 19.0 Å². The molecular weight excluding hydrogens is 327 g/mol. The lowest BCUT2D eigenvalue weighted by Gasteiger charge is -2.13. The van der Waals surface area contributed by atoms with E-state index >= 15 is 0 Å². The largest absolute Gasteiger partial charge is 0.494 e. The summed E-state index contributed by atoms with van der Waals surface area (Å²) in [6, 6.07) is 24.6. The van der Waals surface area contributed by atoms with Crippen LogP contribution in [0.3, 0.4) is 0 Å². The molecule has 134 valence electrons. The summed E-state index contributed by atoms with van der Waals surface area (Å²) in [6.45, 7) is 1.17. The van der Waals surface area contributed by atoms with Crippen molar-refractivity contribution in [2.75, 3.05) is 13.2 Å². The van der Waals surface area contributed by atoms with Crippen LogP contribution in [0.15, 0.2) is 78.9 Å². The number of benzene rings is 3. The first-order valence-corrected chi connectivity index (χ1v) is 8.99. The summed E-state index contributed by atoms with van der Waals surface area (Å²) in [5.41, 5.74) is 1.75. The smallest absolute Gasteiger partial charge is 0.165 e. The lowest BCUT2D eigenvalue weighted by molar-refractivity contribution is 0.273. The highest BCUT2D eigenvalue weighted by Crippen LogP contribution is 2.32. The molecule has 0 N–H and O–H groups in total. The van der Waals surface area contributed by atoms with Gasteiger partial charge in [0, 0.05) is 5.56 Å². The normalized spacial score (nSPS) is 10.5. The number of halogens is 1. The molecule has 26 heavy (non-hydrogen) atoms. The van der Waals surface area contributed by atoms with Crippen molar-refractivity contribution in [3.8, 4) is 22.6 Å². The average molecular weight is 350 g/mol. The van der Waals surface area contributed by atoms with Gasteiger partial charge in [-0.25, -0.2) is 4.39 Å². The standard InChI is InChI=1S/C23H23FO2/c24-22-16-10-15-21(19-11-4-1-5-12-19)23(22)26-18-9-3-8-17-25-20-13-6-2-7-14-20/h1-2,4-7,10-16H,3,8-9,17-18H2. The van der Waals surface area contributed by atoms with Crippen LogP contribution < -0.4 is 9.47 Å². The van der Waals surface area contributed by atoms with E-state index < -0.39 is 0 Å². The molecule has 0 heterocycles. The van der Waals surface area contributed by atoms with Gasteiger partial charge in [-0.15, -0.1) is 0 Å². The molecule has 3 aromatic rings. The molecule has 0 bridgehead atoms. The van der Waals surface area contributed by atoms with E-state index in [1.165, 1.54) is 6.07 Å². The molecule has 0 fully saturated rings. The number of hydrogen-bond donors (Lipinski definition) is 0. The second-order valence-corrected chi connectivity index (χ2v) is 6.05. The maximum Gasteiger partial charge on any atom is 0.165 e. The van der Waals surface area contributed by atoms with Crippen LogP contribution in [0.5, 0.6) is 11.5 Å². The van der Waals surface area contributed by atoms with Gasteiger partial charge in [0.1, 0.15) is 5.75 Å². The molecule has 3 rings (SSSR count). The number of hydrogen-bond acceptors (Lipinski definition) is 2. The highest BCUT2D eigenvalue weighted by molar-refractivity contribution is 5.70. The fraction of sp³-hybridized carbons (Fsp3) is 0.217. The zero-order valence-electron chi connectivity index (χ0n) is 14.7. The van der Waals surface area contributed by atoms with E-state index in [4.69, 9.17) is 9.47 Å². The molecule has 0 amide bonds. The van der Waals surface area contributed by atoms with Crippen LogP contribution in [0.4, 0.5) is 4.39 Å². The van der Waals surface area contributed by atoms with Gasteiger partial charge in [-0.1, -0.05) is 60.7 Å². The molecule has 0 radical (unpaired) electrons. The lowest BCUT2D eigenvalue weighted by Crippen LogP contribution is -2.03. The monoisotopic (exact) mass is 350 g/mol. The van der Waals surface area contributed by atoms with Crippen LogP contribution >= 0.6 is 0 Å². The first-order valence-electron chi connectivity index (χ1n) is 8.99. The van der Waals surface area contributed by atoms with Gasteiger partial charge in [-0.3, -0.25) is 0 Å². The quantitative estimate of drug-likeness (QED) is 0.433. The van der Waals surface area contributed by atoms with Crippen molar-refractivity contribution in [2.45, 2.75) is 19.3 Å². The summed E-state index contributed by atoms with van der Waals surface area (Å²) in [7, 11) is 0. The van der Waals surface area contributed by atoms with Crippen molar-refractivity contribution in [1.82, 2.24) is 0 Å². The Morgan fingerprint density at radius 3 is 2.00 bits per heavy atom. The average Bonchev–Trinajstić information content (AvgIpc) is 2.69. The molecule has 0 aliphatic heterocycles. The summed E-state index contributed by atoms with van der Waals surface area (Å²) in [6.07, 6.45) is 2.78. The van der Waals surface area contributed by atoms with Crippen molar-refractivity contribution < 1.29 is 13.9 Å². The summed E-state index contributed by atoms with van der Waals surface area (Å²) in [4.78, 5) is 0. The highest BCUT2D eigenvalue weighted by atomic mass is 19.1. The van der Waals surface area contributed by atoms with Gasteiger partial charge in [0.25, 0.3) is 0 Å². The van der Waals surface area contributed by atoms with Crippen molar-refractivity contribution in [2.24, 2.45) is 0 Å². The third-order valence-electron chi connectivity index (χ3n) is 4.10. The third-order valence-corrected chi connectivity index (χ3v) is 4.10. The Balaban J connectivity index is 1.45. The van der Waals surface area contributed by atoms with E-state index in [2.05, 4.69) is 0 Å². The molecule has 0 aliphatic rings. The predicted octanol–water partition coefficient (Wildman–Crippen LogP) is 6.12. The van der Waals surface area contributed by atoms with Crippen LogP contribution in [0.1, 0.15) is 19.3 Å². The second kappa shape index (κ2) is 9.62. The summed E-state index contributed by atoms with van der Waals surface area (Å²) in [5.74, 6) is 0.903. The highest BCUT2D eigenvalue weighted by Gasteiger charge is 2.11. The molecule has 3 heteroatoms. The molecule has 0 spiro atoms. The first-order chi connectivity index (χ1) is 12.8. The van der Waals surface area contributed by atoms with Gasteiger partial charge in [0.2, 0.25) is 0 Å². The minimum absolute atomic E-state index is 0.321. The molecule has 0 aromatic heterocycles. The Hall–Kier alpha value is -2.81. The minimum atomic E-state index is -0.321. The molecular formula is C23H23FO2. The van der Waals surface area contributed by atoms with Gasteiger partial charge in [0.05, 0.1) is 13.2 Å². The molecule has 3 aromatic carbocycles. The molecule has 0 atom stereocenters. The van der Waals surface area contributed by atoms with E-state index in [1.54, 1.807) is 6.07 Å². The van der Waals surface area contributed by atoms with Crippen molar-refractivity contribution in [1.29, 1.82) is 0 Å². The second-order valence-electron chi connectivity index (χ2n) is 6.05. The third kappa shape index (κ3) is 5.09. The van der Waals surface area contributed by atoms with Gasteiger partial charge >= 0.3 is 0 Å². The van der Waals surface area contributed by atoms with Crippen LogP contribution in [0.25, 0.3) is 11.1 Å².